The molecular formula is C24H31N3O4S. The molecule has 2 heterocycles. The lowest BCUT2D eigenvalue weighted by atomic mass is 9.96. The molecule has 0 spiro atoms. The van der Waals surface area contributed by atoms with E-state index >= 15 is 0 Å². The second kappa shape index (κ2) is 9.50. The van der Waals surface area contributed by atoms with Crippen LogP contribution in [0.2, 0.25) is 0 Å². The first kappa shape index (κ1) is 22.6. The van der Waals surface area contributed by atoms with Crippen LogP contribution in [0.15, 0.2) is 47.4 Å². The van der Waals surface area contributed by atoms with E-state index in [4.69, 9.17) is 0 Å². The SMILES string of the molecule is Cc1cccc(S(=O)(=O)Nc2ccc(N3CCC[C@@H](CN4CCCC4)C3)c(C(=O)O)c2)c1. The summed E-state index contributed by atoms with van der Waals surface area (Å²) in [6.45, 7) is 6.84. The predicted molar refractivity (Wildman–Crippen MR) is 126 cm³/mol. The molecule has 2 fully saturated rings. The van der Waals surface area contributed by atoms with Crippen LogP contribution in [0, 0.1) is 12.8 Å². The number of aromatic carboxylic acids is 1. The van der Waals surface area contributed by atoms with Gasteiger partial charge < -0.3 is 14.9 Å². The van der Waals surface area contributed by atoms with Crippen LogP contribution in [-0.4, -0.2) is 57.1 Å². The number of nitrogens with one attached hydrogen (secondary N) is 1. The van der Waals surface area contributed by atoms with Crippen LogP contribution in [0.4, 0.5) is 11.4 Å². The van der Waals surface area contributed by atoms with E-state index in [1.165, 1.54) is 25.0 Å². The Balaban J connectivity index is 1.53. The van der Waals surface area contributed by atoms with Gasteiger partial charge in [0.05, 0.1) is 16.1 Å². The predicted octanol–water partition coefficient (Wildman–Crippen LogP) is 3.81. The maximum Gasteiger partial charge on any atom is 0.337 e. The molecule has 8 heteroatoms. The van der Waals surface area contributed by atoms with E-state index in [9.17, 15) is 18.3 Å². The molecule has 0 saturated carbocycles. The first-order chi connectivity index (χ1) is 15.3. The van der Waals surface area contributed by atoms with Gasteiger partial charge in [-0.15, -0.1) is 0 Å². The quantitative estimate of drug-likeness (QED) is 0.657. The van der Waals surface area contributed by atoms with Crippen LogP contribution in [0.5, 0.6) is 0 Å². The average Bonchev–Trinajstić information content (AvgIpc) is 3.26. The van der Waals surface area contributed by atoms with Crippen molar-refractivity contribution in [1.29, 1.82) is 0 Å². The number of rotatable bonds is 7. The highest BCUT2D eigenvalue weighted by atomic mass is 32.2. The fourth-order valence-electron chi connectivity index (χ4n) is 4.81. The summed E-state index contributed by atoms with van der Waals surface area (Å²) in [6.07, 6.45) is 4.71. The number of carboxylic acids is 1. The van der Waals surface area contributed by atoms with Gasteiger partial charge in [-0.1, -0.05) is 12.1 Å². The summed E-state index contributed by atoms with van der Waals surface area (Å²) in [7, 11) is -3.80. The van der Waals surface area contributed by atoms with Gasteiger partial charge in [-0.25, -0.2) is 13.2 Å². The molecule has 0 bridgehead atoms. The Hall–Kier alpha value is -2.58. The Morgan fingerprint density at radius 3 is 2.59 bits per heavy atom. The number of piperidine rings is 1. The summed E-state index contributed by atoms with van der Waals surface area (Å²) in [5.41, 5.74) is 1.86. The molecule has 2 N–H and O–H groups in total. The number of hydrogen-bond donors (Lipinski definition) is 2. The molecule has 2 aliphatic heterocycles. The van der Waals surface area contributed by atoms with E-state index in [1.54, 1.807) is 24.3 Å². The van der Waals surface area contributed by atoms with Crippen LogP contribution in [0.1, 0.15) is 41.6 Å². The molecular weight excluding hydrogens is 426 g/mol. The lowest BCUT2D eigenvalue weighted by Crippen LogP contribution is -2.41. The van der Waals surface area contributed by atoms with Crippen LogP contribution in [-0.2, 0) is 10.0 Å². The molecule has 2 aromatic carbocycles. The summed E-state index contributed by atoms with van der Waals surface area (Å²) >= 11 is 0. The third-order valence-corrected chi connectivity index (χ3v) is 7.73. The highest BCUT2D eigenvalue weighted by Crippen LogP contribution is 2.30. The summed E-state index contributed by atoms with van der Waals surface area (Å²) in [4.78, 5) is 16.9. The number of carbonyl (C=O) groups is 1. The van der Waals surface area contributed by atoms with Gasteiger partial charge in [-0.05, 0) is 87.5 Å². The first-order valence-electron chi connectivity index (χ1n) is 11.3. The van der Waals surface area contributed by atoms with Crippen molar-refractivity contribution in [3.63, 3.8) is 0 Å². The molecule has 0 aliphatic carbocycles. The van der Waals surface area contributed by atoms with Crippen molar-refractivity contribution < 1.29 is 18.3 Å². The molecule has 4 rings (SSSR count). The van der Waals surface area contributed by atoms with Crippen molar-refractivity contribution in [2.75, 3.05) is 42.3 Å². The van der Waals surface area contributed by atoms with Crippen LogP contribution in [0.25, 0.3) is 0 Å². The molecule has 2 saturated heterocycles. The molecule has 0 aromatic heterocycles. The van der Waals surface area contributed by atoms with E-state index < -0.39 is 16.0 Å². The smallest absolute Gasteiger partial charge is 0.337 e. The fraction of sp³-hybridized carbons (Fsp3) is 0.458. The molecule has 0 unspecified atom stereocenters. The summed E-state index contributed by atoms with van der Waals surface area (Å²) in [5.74, 6) is -0.540. The normalized spacial score (nSPS) is 19.8. The topological polar surface area (TPSA) is 90.0 Å². The van der Waals surface area contributed by atoms with Gasteiger partial charge in [-0.3, -0.25) is 4.72 Å². The molecule has 2 aromatic rings. The maximum absolute atomic E-state index is 12.8. The number of likely N-dealkylation sites (tertiary alicyclic amines) is 1. The van der Waals surface area contributed by atoms with Gasteiger partial charge in [-0.2, -0.15) is 0 Å². The summed E-state index contributed by atoms with van der Waals surface area (Å²) in [5, 5.41) is 9.86. The Kier molecular flexibility index (Phi) is 6.71. The van der Waals surface area contributed by atoms with Crippen molar-refractivity contribution >= 4 is 27.4 Å². The highest BCUT2D eigenvalue weighted by molar-refractivity contribution is 7.92. The van der Waals surface area contributed by atoms with Gasteiger partial charge in [0.1, 0.15) is 0 Å². The average molecular weight is 458 g/mol. The number of sulfonamides is 1. The zero-order valence-corrected chi connectivity index (χ0v) is 19.3. The van der Waals surface area contributed by atoms with E-state index in [-0.39, 0.29) is 16.1 Å². The standard InChI is InChI=1S/C24H31N3O4S/c1-18-6-4-8-21(14-18)32(30,31)25-20-9-10-23(22(15-20)24(28)29)27-13-5-7-19(17-27)16-26-11-2-3-12-26/h4,6,8-10,14-15,19,25H,2-3,5,7,11-13,16-17H2,1H3,(H,28,29)/t19-/m0/s1. The molecule has 7 nitrogen and oxygen atoms in total. The molecule has 1 atom stereocenters. The number of anilines is 2. The van der Waals surface area contributed by atoms with Crippen molar-refractivity contribution in [3.05, 3.63) is 53.6 Å². The Morgan fingerprint density at radius 2 is 1.88 bits per heavy atom. The van der Waals surface area contributed by atoms with Crippen molar-refractivity contribution in [1.82, 2.24) is 4.90 Å². The van der Waals surface area contributed by atoms with Gasteiger partial charge in [0.2, 0.25) is 0 Å². The second-order valence-electron chi connectivity index (χ2n) is 8.92. The highest BCUT2D eigenvalue weighted by Gasteiger charge is 2.26. The number of hydrogen-bond acceptors (Lipinski definition) is 5. The number of nitrogens with zero attached hydrogens (tertiary/aromatic N) is 2. The zero-order chi connectivity index (χ0) is 22.7. The number of aryl methyl sites for hydroxylation is 1. The number of benzene rings is 2. The third kappa shape index (κ3) is 5.24. The number of carboxylic acid groups (broad SMARTS) is 1. The first-order valence-corrected chi connectivity index (χ1v) is 12.7. The maximum atomic E-state index is 12.8. The third-order valence-electron chi connectivity index (χ3n) is 6.35. The molecule has 32 heavy (non-hydrogen) atoms. The lowest BCUT2D eigenvalue weighted by molar-refractivity contribution is 0.0697. The largest absolute Gasteiger partial charge is 0.478 e. The summed E-state index contributed by atoms with van der Waals surface area (Å²) in [6, 6.07) is 11.4. The minimum Gasteiger partial charge on any atom is -0.478 e. The molecule has 2 aliphatic rings. The Bertz CT molecular complexity index is 1080. The van der Waals surface area contributed by atoms with Crippen molar-refractivity contribution in [2.24, 2.45) is 5.92 Å². The fourth-order valence-corrected chi connectivity index (χ4v) is 5.96. The lowest BCUT2D eigenvalue weighted by Gasteiger charge is -2.36. The van der Waals surface area contributed by atoms with E-state index in [0.29, 0.717) is 11.6 Å². The summed E-state index contributed by atoms with van der Waals surface area (Å²) < 4.78 is 28.0. The Labute approximate surface area is 190 Å². The minimum atomic E-state index is -3.80. The zero-order valence-electron chi connectivity index (χ0n) is 18.5. The van der Waals surface area contributed by atoms with Crippen LogP contribution >= 0.6 is 0 Å². The van der Waals surface area contributed by atoms with Crippen molar-refractivity contribution in [3.8, 4) is 0 Å². The van der Waals surface area contributed by atoms with Gasteiger partial charge in [0.25, 0.3) is 10.0 Å². The van der Waals surface area contributed by atoms with Gasteiger partial charge >= 0.3 is 5.97 Å². The monoisotopic (exact) mass is 457 g/mol. The van der Waals surface area contributed by atoms with Crippen LogP contribution in [0.3, 0.4) is 0 Å². The second-order valence-corrected chi connectivity index (χ2v) is 10.6. The molecule has 0 radical (unpaired) electrons. The van der Waals surface area contributed by atoms with E-state index in [1.807, 2.05) is 13.0 Å². The van der Waals surface area contributed by atoms with Crippen LogP contribution < -0.4 is 9.62 Å². The van der Waals surface area contributed by atoms with Crippen molar-refractivity contribution in [2.45, 2.75) is 37.5 Å². The van der Waals surface area contributed by atoms with Gasteiger partial charge in [0.15, 0.2) is 0 Å². The van der Waals surface area contributed by atoms with Gasteiger partial charge in [0, 0.05) is 25.3 Å². The Morgan fingerprint density at radius 1 is 1.09 bits per heavy atom. The van der Waals surface area contributed by atoms with E-state index in [2.05, 4.69) is 14.5 Å². The molecule has 0 amide bonds. The van der Waals surface area contributed by atoms with E-state index in [0.717, 1.165) is 51.1 Å². The molecule has 172 valence electrons. The minimum absolute atomic E-state index is 0.122.